The highest BCUT2D eigenvalue weighted by molar-refractivity contribution is 5.84. The molecule has 1 aliphatic heterocycles. The minimum Gasteiger partial charge on any atom is -0.444 e. The van der Waals surface area contributed by atoms with Crippen LogP contribution in [0.25, 0.3) is 0 Å². The van der Waals surface area contributed by atoms with Gasteiger partial charge in [0.2, 0.25) is 11.8 Å². The Morgan fingerprint density at radius 2 is 1.48 bits per heavy atom. The van der Waals surface area contributed by atoms with Crippen LogP contribution >= 0.6 is 0 Å². The van der Waals surface area contributed by atoms with Crippen LogP contribution in [-0.4, -0.2) is 76.7 Å². The Labute approximate surface area is 149 Å². The van der Waals surface area contributed by atoms with E-state index < -0.39 is 11.2 Å². The molecule has 1 saturated heterocycles. The number of nitrogens with zero attached hydrogens (tertiary/aromatic N) is 2. The Morgan fingerprint density at radius 3 is 1.96 bits per heavy atom. The molecule has 8 nitrogen and oxygen atoms in total. The molecule has 0 atom stereocenters. The first kappa shape index (κ1) is 21.2. The van der Waals surface area contributed by atoms with E-state index in [0.717, 1.165) is 0 Å². The lowest BCUT2D eigenvalue weighted by Gasteiger charge is -2.35. The highest BCUT2D eigenvalue weighted by atomic mass is 16.6. The SMILES string of the molecule is CC(C)(O)CNC(=O)CCC(=O)N1CCN(C(=O)OC(C)(C)C)CC1. The van der Waals surface area contributed by atoms with Gasteiger partial charge in [0.1, 0.15) is 5.60 Å². The molecule has 3 amide bonds. The van der Waals surface area contributed by atoms with E-state index in [2.05, 4.69) is 5.32 Å². The Kier molecular flexibility index (Phi) is 7.22. The second kappa shape index (κ2) is 8.51. The third-order valence-corrected chi connectivity index (χ3v) is 3.57. The molecule has 0 aromatic rings. The maximum atomic E-state index is 12.2. The summed E-state index contributed by atoms with van der Waals surface area (Å²) in [6, 6.07) is 0. The zero-order valence-electron chi connectivity index (χ0n) is 15.9. The van der Waals surface area contributed by atoms with Crippen molar-refractivity contribution in [1.29, 1.82) is 0 Å². The number of nitrogens with one attached hydrogen (secondary N) is 1. The van der Waals surface area contributed by atoms with Crippen molar-refractivity contribution in [3.8, 4) is 0 Å². The number of rotatable bonds is 5. The Hall–Kier alpha value is -1.83. The molecule has 144 valence electrons. The molecule has 8 heteroatoms. The average Bonchev–Trinajstić information content (AvgIpc) is 2.48. The van der Waals surface area contributed by atoms with Gasteiger partial charge in [0.15, 0.2) is 0 Å². The smallest absolute Gasteiger partial charge is 0.410 e. The van der Waals surface area contributed by atoms with Gasteiger partial charge in [0.25, 0.3) is 0 Å². The van der Waals surface area contributed by atoms with E-state index in [1.165, 1.54) is 0 Å². The number of carbonyl (C=O) groups excluding carboxylic acids is 3. The lowest BCUT2D eigenvalue weighted by molar-refractivity contribution is -0.135. The van der Waals surface area contributed by atoms with Gasteiger partial charge in [0, 0.05) is 45.6 Å². The molecule has 0 bridgehead atoms. The summed E-state index contributed by atoms with van der Waals surface area (Å²) in [6.07, 6.45) is -0.170. The molecular weight excluding hydrogens is 326 g/mol. The summed E-state index contributed by atoms with van der Waals surface area (Å²) in [5, 5.41) is 12.2. The summed E-state index contributed by atoms with van der Waals surface area (Å²) >= 11 is 0. The molecule has 0 aromatic heterocycles. The number of aliphatic hydroxyl groups is 1. The minimum atomic E-state index is -0.975. The molecule has 0 spiro atoms. The van der Waals surface area contributed by atoms with Crippen LogP contribution in [0.2, 0.25) is 0 Å². The first-order chi connectivity index (χ1) is 11.4. The maximum Gasteiger partial charge on any atom is 0.410 e. The Bertz CT molecular complexity index is 485. The molecule has 1 rings (SSSR count). The van der Waals surface area contributed by atoms with Gasteiger partial charge in [-0.25, -0.2) is 4.79 Å². The zero-order chi connectivity index (χ0) is 19.3. The van der Waals surface area contributed by atoms with Crippen LogP contribution in [0.15, 0.2) is 0 Å². The number of hydrogen-bond acceptors (Lipinski definition) is 5. The molecule has 25 heavy (non-hydrogen) atoms. The van der Waals surface area contributed by atoms with Gasteiger partial charge in [-0.3, -0.25) is 9.59 Å². The standard InChI is InChI=1S/C17H31N3O5/c1-16(2,3)25-15(23)20-10-8-19(9-11-20)14(22)7-6-13(21)18-12-17(4,5)24/h24H,6-12H2,1-5H3,(H,18,21). The van der Waals surface area contributed by atoms with Gasteiger partial charge < -0.3 is 25.0 Å². The first-order valence-corrected chi connectivity index (χ1v) is 8.62. The van der Waals surface area contributed by atoms with Gasteiger partial charge in [0.05, 0.1) is 5.60 Å². The molecule has 1 fully saturated rings. The topological polar surface area (TPSA) is 99.2 Å². The normalized spacial score (nSPS) is 15.8. The first-order valence-electron chi connectivity index (χ1n) is 8.62. The number of hydrogen-bond donors (Lipinski definition) is 2. The summed E-state index contributed by atoms with van der Waals surface area (Å²) in [5.41, 5.74) is -1.52. The average molecular weight is 357 g/mol. The zero-order valence-corrected chi connectivity index (χ0v) is 15.9. The van der Waals surface area contributed by atoms with E-state index in [0.29, 0.717) is 26.2 Å². The number of ether oxygens (including phenoxy) is 1. The van der Waals surface area contributed by atoms with Crippen molar-refractivity contribution in [2.45, 2.75) is 58.7 Å². The highest BCUT2D eigenvalue weighted by Gasteiger charge is 2.27. The summed E-state index contributed by atoms with van der Waals surface area (Å²) in [7, 11) is 0. The quantitative estimate of drug-likeness (QED) is 0.756. The Morgan fingerprint density at radius 1 is 0.960 bits per heavy atom. The molecule has 2 N–H and O–H groups in total. The summed E-state index contributed by atoms with van der Waals surface area (Å²) < 4.78 is 5.32. The predicted octanol–water partition coefficient (Wildman–Crippen LogP) is 0.733. The van der Waals surface area contributed by atoms with E-state index in [4.69, 9.17) is 4.74 Å². The van der Waals surface area contributed by atoms with E-state index >= 15 is 0 Å². The predicted molar refractivity (Wildman–Crippen MR) is 92.9 cm³/mol. The van der Waals surface area contributed by atoms with E-state index in [-0.39, 0.29) is 37.3 Å². The number of piperazine rings is 1. The van der Waals surface area contributed by atoms with Crippen LogP contribution in [-0.2, 0) is 14.3 Å². The lowest BCUT2D eigenvalue weighted by atomic mass is 10.1. The van der Waals surface area contributed by atoms with Crippen molar-refractivity contribution < 1.29 is 24.2 Å². The fraction of sp³-hybridized carbons (Fsp3) is 0.824. The van der Waals surface area contributed by atoms with Gasteiger partial charge in [-0.15, -0.1) is 0 Å². The van der Waals surface area contributed by atoms with Crippen LogP contribution in [0, 0.1) is 0 Å². The summed E-state index contributed by atoms with van der Waals surface area (Å²) in [6.45, 7) is 10.5. The fourth-order valence-corrected chi connectivity index (χ4v) is 2.25. The van der Waals surface area contributed by atoms with Crippen molar-refractivity contribution in [2.75, 3.05) is 32.7 Å². The second-order valence-corrected chi connectivity index (χ2v) is 7.94. The molecule has 0 aliphatic carbocycles. The van der Waals surface area contributed by atoms with Crippen molar-refractivity contribution in [3.63, 3.8) is 0 Å². The highest BCUT2D eigenvalue weighted by Crippen LogP contribution is 2.12. The van der Waals surface area contributed by atoms with Crippen LogP contribution in [0.5, 0.6) is 0 Å². The van der Waals surface area contributed by atoms with Gasteiger partial charge in [-0.2, -0.15) is 0 Å². The fourth-order valence-electron chi connectivity index (χ4n) is 2.25. The van der Waals surface area contributed by atoms with Crippen molar-refractivity contribution in [1.82, 2.24) is 15.1 Å². The molecule has 0 unspecified atom stereocenters. The molecule has 0 saturated carbocycles. The summed E-state index contributed by atoms with van der Waals surface area (Å²) in [5.74, 6) is -0.370. The summed E-state index contributed by atoms with van der Waals surface area (Å²) in [4.78, 5) is 39.1. The number of amides is 3. The van der Waals surface area contributed by atoms with Crippen LogP contribution in [0.4, 0.5) is 4.79 Å². The molecule has 1 heterocycles. The van der Waals surface area contributed by atoms with Gasteiger partial charge in [-0.1, -0.05) is 0 Å². The monoisotopic (exact) mass is 357 g/mol. The van der Waals surface area contributed by atoms with E-state index in [1.807, 2.05) is 20.8 Å². The van der Waals surface area contributed by atoms with Gasteiger partial charge >= 0.3 is 6.09 Å². The van der Waals surface area contributed by atoms with Crippen LogP contribution in [0.1, 0.15) is 47.5 Å². The van der Waals surface area contributed by atoms with E-state index in [1.54, 1.807) is 23.6 Å². The largest absolute Gasteiger partial charge is 0.444 e. The molecule has 0 radical (unpaired) electrons. The van der Waals surface area contributed by atoms with E-state index in [9.17, 15) is 19.5 Å². The minimum absolute atomic E-state index is 0.0845. The van der Waals surface area contributed by atoms with Crippen molar-refractivity contribution in [2.24, 2.45) is 0 Å². The maximum absolute atomic E-state index is 12.2. The second-order valence-electron chi connectivity index (χ2n) is 7.94. The van der Waals surface area contributed by atoms with Crippen molar-refractivity contribution in [3.05, 3.63) is 0 Å². The van der Waals surface area contributed by atoms with Crippen molar-refractivity contribution >= 4 is 17.9 Å². The van der Waals surface area contributed by atoms with Gasteiger partial charge in [-0.05, 0) is 34.6 Å². The Balaban J connectivity index is 2.31. The molecule has 0 aromatic carbocycles. The number of carbonyl (C=O) groups is 3. The third-order valence-electron chi connectivity index (χ3n) is 3.57. The lowest BCUT2D eigenvalue weighted by Crippen LogP contribution is -2.51. The third kappa shape index (κ3) is 8.72. The molecule has 1 aliphatic rings. The van der Waals surface area contributed by atoms with Crippen LogP contribution in [0.3, 0.4) is 0 Å². The molecular formula is C17H31N3O5. The van der Waals surface area contributed by atoms with Crippen LogP contribution < -0.4 is 5.32 Å².